The first-order valence-electron chi connectivity index (χ1n) is 8.05. The van der Waals surface area contributed by atoms with Crippen LogP contribution in [0.3, 0.4) is 0 Å². The van der Waals surface area contributed by atoms with Crippen LogP contribution in [0.2, 0.25) is 0 Å². The molecule has 0 aromatic carbocycles. The van der Waals surface area contributed by atoms with E-state index in [1.54, 1.807) is 0 Å². The fourth-order valence-corrected chi connectivity index (χ4v) is 2.41. The molecule has 1 atom stereocenters. The van der Waals surface area contributed by atoms with E-state index in [1.165, 1.54) is 24.1 Å². The first-order valence-corrected chi connectivity index (χ1v) is 8.05. The second kappa shape index (κ2) is 8.96. The molecule has 0 aliphatic carbocycles. The van der Waals surface area contributed by atoms with Crippen LogP contribution in [0.4, 0.5) is 5.82 Å². The third kappa shape index (κ3) is 5.12. The van der Waals surface area contributed by atoms with Gasteiger partial charge in [-0.1, -0.05) is 33.6 Å². The number of rotatable bonds is 9. The third-order valence-corrected chi connectivity index (χ3v) is 3.74. The molecule has 3 heteroatoms. The van der Waals surface area contributed by atoms with Gasteiger partial charge in [0.2, 0.25) is 0 Å². The molecule has 0 aliphatic rings. The molecule has 20 heavy (non-hydrogen) atoms. The molecule has 0 saturated heterocycles. The molecule has 1 unspecified atom stereocenters. The topological polar surface area (TPSA) is 28.2 Å². The molecule has 0 fully saturated rings. The summed E-state index contributed by atoms with van der Waals surface area (Å²) in [5, 5.41) is 3.41. The van der Waals surface area contributed by atoms with Crippen LogP contribution in [-0.4, -0.2) is 24.6 Å². The van der Waals surface area contributed by atoms with Gasteiger partial charge in [-0.15, -0.1) is 0 Å². The van der Waals surface area contributed by atoms with Crippen LogP contribution in [0, 0.1) is 0 Å². The number of pyridine rings is 1. The van der Waals surface area contributed by atoms with E-state index in [2.05, 4.69) is 57.1 Å². The summed E-state index contributed by atoms with van der Waals surface area (Å²) in [6, 6.07) is 5.01. The Hall–Kier alpha value is -1.09. The predicted molar refractivity (Wildman–Crippen MR) is 88.4 cm³/mol. The minimum Gasteiger partial charge on any atom is -0.357 e. The van der Waals surface area contributed by atoms with E-state index < -0.39 is 0 Å². The fourth-order valence-electron chi connectivity index (χ4n) is 2.41. The summed E-state index contributed by atoms with van der Waals surface area (Å²) in [5.41, 5.74) is 2.56. The summed E-state index contributed by atoms with van der Waals surface area (Å²) in [6.45, 7) is 10.8. The molecule has 1 heterocycles. The number of aromatic nitrogens is 1. The Morgan fingerprint density at radius 2 is 1.95 bits per heavy atom. The molecule has 1 rings (SSSR count). The van der Waals surface area contributed by atoms with Crippen molar-refractivity contribution in [3.8, 4) is 0 Å². The van der Waals surface area contributed by atoms with E-state index >= 15 is 0 Å². The number of nitrogens with one attached hydrogen (secondary N) is 1. The van der Waals surface area contributed by atoms with E-state index in [0.29, 0.717) is 6.04 Å². The van der Waals surface area contributed by atoms with Crippen molar-refractivity contribution in [2.75, 3.05) is 18.5 Å². The van der Waals surface area contributed by atoms with Crippen molar-refractivity contribution in [1.82, 2.24) is 10.3 Å². The number of nitrogens with zero attached hydrogens (tertiary/aromatic N) is 2. The molecule has 0 radical (unpaired) electrons. The molecule has 1 N–H and O–H groups in total. The molecule has 0 bridgehead atoms. The maximum atomic E-state index is 4.83. The maximum Gasteiger partial charge on any atom is 0.129 e. The summed E-state index contributed by atoms with van der Waals surface area (Å²) in [7, 11) is 2.16. The number of hydrogen-bond acceptors (Lipinski definition) is 3. The fraction of sp³-hybridized carbons (Fsp3) is 0.706. The van der Waals surface area contributed by atoms with Gasteiger partial charge in [-0.3, -0.25) is 0 Å². The van der Waals surface area contributed by atoms with E-state index in [0.717, 1.165) is 31.7 Å². The zero-order chi connectivity index (χ0) is 15.0. The van der Waals surface area contributed by atoms with Crippen molar-refractivity contribution >= 4 is 5.82 Å². The van der Waals surface area contributed by atoms with Gasteiger partial charge in [0.05, 0.1) is 0 Å². The van der Waals surface area contributed by atoms with Crippen LogP contribution in [0.25, 0.3) is 0 Å². The Kier molecular flexibility index (Phi) is 7.60. The highest BCUT2D eigenvalue weighted by Crippen LogP contribution is 2.19. The van der Waals surface area contributed by atoms with Crippen LogP contribution >= 0.6 is 0 Å². The standard InChI is InChI=1S/C17H31N3/c1-6-9-14(4)20(5)17-12-15(13-18-8-3)11-16(19-17)10-7-2/h11-12,14,18H,6-10,13H2,1-5H3. The molecule has 1 aromatic rings. The Bertz CT molecular complexity index is 390. The van der Waals surface area contributed by atoms with E-state index in [4.69, 9.17) is 4.98 Å². The summed E-state index contributed by atoms with van der Waals surface area (Å²) in [6.07, 6.45) is 4.62. The van der Waals surface area contributed by atoms with Gasteiger partial charge in [-0.2, -0.15) is 0 Å². The quantitative estimate of drug-likeness (QED) is 0.745. The van der Waals surface area contributed by atoms with Crippen molar-refractivity contribution in [2.45, 2.75) is 66.0 Å². The lowest BCUT2D eigenvalue weighted by Crippen LogP contribution is -2.29. The SMILES string of the molecule is CCCc1cc(CNCC)cc(N(C)C(C)CCC)n1. The number of aryl methyl sites for hydroxylation is 1. The molecule has 1 aromatic heterocycles. The van der Waals surface area contributed by atoms with Crippen molar-refractivity contribution in [3.63, 3.8) is 0 Å². The van der Waals surface area contributed by atoms with E-state index in [9.17, 15) is 0 Å². The van der Waals surface area contributed by atoms with Gasteiger partial charge in [-0.05, 0) is 44.0 Å². The lowest BCUT2D eigenvalue weighted by molar-refractivity contribution is 0.609. The maximum absolute atomic E-state index is 4.83. The van der Waals surface area contributed by atoms with Gasteiger partial charge in [0.15, 0.2) is 0 Å². The largest absolute Gasteiger partial charge is 0.357 e. The zero-order valence-electron chi connectivity index (χ0n) is 13.9. The van der Waals surface area contributed by atoms with Gasteiger partial charge in [0, 0.05) is 25.3 Å². The highest BCUT2D eigenvalue weighted by molar-refractivity contribution is 5.43. The minimum atomic E-state index is 0.538. The predicted octanol–water partition coefficient (Wildman–Crippen LogP) is 3.77. The summed E-state index contributed by atoms with van der Waals surface area (Å²) < 4.78 is 0. The molecule has 3 nitrogen and oxygen atoms in total. The first kappa shape index (κ1) is 17.0. The van der Waals surface area contributed by atoms with Crippen molar-refractivity contribution in [1.29, 1.82) is 0 Å². The molecular formula is C17H31N3. The number of anilines is 1. The van der Waals surface area contributed by atoms with Crippen LogP contribution in [-0.2, 0) is 13.0 Å². The lowest BCUT2D eigenvalue weighted by Gasteiger charge is -2.26. The Morgan fingerprint density at radius 3 is 2.55 bits per heavy atom. The average molecular weight is 277 g/mol. The van der Waals surface area contributed by atoms with Crippen LogP contribution in [0.15, 0.2) is 12.1 Å². The zero-order valence-corrected chi connectivity index (χ0v) is 13.9. The molecule has 0 aliphatic heterocycles. The summed E-state index contributed by atoms with van der Waals surface area (Å²) in [5.74, 6) is 1.12. The second-order valence-electron chi connectivity index (χ2n) is 5.60. The molecule has 0 saturated carbocycles. The van der Waals surface area contributed by atoms with E-state index in [1.807, 2.05) is 0 Å². The Labute approximate surface area is 124 Å². The Morgan fingerprint density at radius 1 is 1.20 bits per heavy atom. The lowest BCUT2D eigenvalue weighted by atomic mass is 10.1. The van der Waals surface area contributed by atoms with Crippen molar-refractivity contribution in [2.24, 2.45) is 0 Å². The first-order chi connectivity index (χ1) is 9.62. The highest BCUT2D eigenvalue weighted by Gasteiger charge is 2.12. The van der Waals surface area contributed by atoms with Gasteiger partial charge in [-0.25, -0.2) is 4.98 Å². The molecular weight excluding hydrogens is 246 g/mol. The monoisotopic (exact) mass is 277 g/mol. The van der Waals surface area contributed by atoms with Gasteiger partial charge in [0.1, 0.15) is 5.82 Å². The van der Waals surface area contributed by atoms with Gasteiger partial charge >= 0.3 is 0 Å². The second-order valence-corrected chi connectivity index (χ2v) is 5.60. The summed E-state index contributed by atoms with van der Waals surface area (Å²) in [4.78, 5) is 7.15. The van der Waals surface area contributed by atoms with Crippen molar-refractivity contribution in [3.05, 3.63) is 23.4 Å². The van der Waals surface area contributed by atoms with Gasteiger partial charge < -0.3 is 10.2 Å². The average Bonchev–Trinajstić information content (AvgIpc) is 2.44. The molecule has 0 amide bonds. The molecule has 0 spiro atoms. The summed E-state index contributed by atoms with van der Waals surface area (Å²) >= 11 is 0. The van der Waals surface area contributed by atoms with Crippen LogP contribution in [0.5, 0.6) is 0 Å². The minimum absolute atomic E-state index is 0.538. The highest BCUT2D eigenvalue weighted by atomic mass is 15.2. The van der Waals surface area contributed by atoms with E-state index in [-0.39, 0.29) is 0 Å². The Balaban J connectivity index is 2.94. The molecule has 114 valence electrons. The normalized spacial score (nSPS) is 12.4. The van der Waals surface area contributed by atoms with Crippen LogP contribution in [0.1, 0.15) is 58.2 Å². The van der Waals surface area contributed by atoms with Gasteiger partial charge in [0.25, 0.3) is 0 Å². The smallest absolute Gasteiger partial charge is 0.129 e. The number of hydrogen-bond donors (Lipinski definition) is 1. The van der Waals surface area contributed by atoms with Crippen LogP contribution < -0.4 is 10.2 Å². The van der Waals surface area contributed by atoms with Crippen molar-refractivity contribution < 1.29 is 0 Å². The third-order valence-electron chi connectivity index (χ3n) is 3.74.